The molecule has 0 bridgehead atoms. The lowest BCUT2D eigenvalue weighted by Gasteiger charge is -2.11. The Hall–Kier alpha value is -3.92. The number of ether oxygens (including phenoxy) is 1. The van der Waals surface area contributed by atoms with Gasteiger partial charge in [0.15, 0.2) is 12.4 Å². The highest BCUT2D eigenvalue weighted by atomic mass is 16.5. The highest BCUT2D eigenvalue weighted by Gasteiger charge is 2.22. The van der Waals surface area contributed by atoms with Crippen LogP contribution >= 0.6 is 0 Å². The van der Waals surface area contributed by atoms with Gasteiger partial charge in [-0.25, -0.2) is 0 Å². The van der Waals surface area contributed by atoms with Crippen molar-refractivity contribution >= 4 is 11.6 Å². The summed E-state index contributed by atoms with van der Waals surface area (Å²) in [4.78, 5) is 12.8. The van der Waals surface area contributed by atoms with E-state index in [0.29, 0.717) is 0 Å². The molecule has 4 heteroatoms. The zero-order chi connectivity index (χ0) is 20.8. The van der Waals surface area contributed by atoms with Gasteiger partial charge in [-0.2, -0.15) is 4.57 Å². The van der Waals surface area contributed by atoms with Gasteiger partial charge < -0.3 is 10.1 Å². The molecule has 1 amide bonds. The topological polar surface area (TPSA) is 42.2 Å². The first-order valence-electron chi connectivity index (χ1n) is 9.89. The van der Waals surface area contributed by atoms with Crippen LogP contribution in [-0.4, -0.2) is 5.91 Å². The van der Waals surface area contributed by atoms with E-state index in [2.05, 4.69) is 17.4 Å². The number of para-hydroxylation sites is 1. The molecule has 0 fully saturated rings. The van der Waals surface area contributed by atoms with E-state index < -0.39 is 0 Å². The van der Waals surface area contributed by atoms with Crippen LogP contribution in [0.15, 0.2) is 109 Å². The van der Waals surface area contributed by atoms with Gasteiger partial charge in [0.1, 0.15) is 11.5 Å². The Bertz CT molecular complexity index is 1110. The smallest absolute Gasteiger partial charge is 0.293 e. The van der Waals surface area contributed by atoms with Crippen molar-refractivity contribution in [1.82, 2.24) is 0 Å². The van der Waals surface area contributed by atoms with Crippen molar-refractivity contribution in [3.05, 3.63) is 109 Å². The number of hydrogen-bond donors (Lipinski definition) is 1. The standard InChI is InChI=1S/C26H22N2O2/c1-20(28-18-8-11-22(19-28)21-9-4-2-5-10-21)26(29)27-23-14-16-25(17-15-23)30-24-12-6-3-7-13-24/h2-20H,1H3/p+1/t20-/m1/s1. The second kappa shape index (κ2) is 9.05. The van der Waals surface area contributed by atoms with Crippen molar-refractivity contribution in [3.63, 3.8) is 0 Å². The maximum absolute atomic E-state index is 12.8. The van der Waals surface area contributed by atoms with Gasteiger partial charge in [-0.1, -0.05) is 48.5 Å². The van der Waals surface area contributed by atoms with E-state index in [1.165, 1.54) is 0 Å². The maximum atomic E-state index is 12.8. The van der Waals surface area contributed by atoms with Gasteiger partial charge in [-0.3, -0.25) is 4.79 Å². The summed E-state index contributed by atoms with van der Waals surface area (Å²) in [6.07, 6.45) is 3.91. The van der Waals surface area contributed by atoms with Crippen molar-refractivity contribution in [2.45, 2.75) is 13.0 Å². The van der Waals surface area contributed by atoms with Crippen LogP contribution in [0.25, 0.3) is 11.1 Å². The lowest BCUT2D eigenvalue weighted by Crippen LogP contribution is -2.44. The van der Waals surface area contributed by atoms with Crippen LogP contribution in [0.5, 0.6) is 11.5 Å². The van der Waals surface area contributed by atoms with Crippen LogP contribution in [0, 0.1) is 0 Å². The van der Waals surface area contributed by atoms with E-state index >= 15 is 0 Å². The predicted molar refractivity (Wildman–Crippen MR) is 118 cm³/mol. The molecule has 1 N–H and O–H groups in total. The number of carbonyl (C=O) groups excluding carboxylic acids is 1. The first kappa shape index (κ1) is 19.4. The highest BCUT2D eigenvalue weighted by Crippen LogP contribution is 2.23. The molecule has 3 aromatic carbocycles. The summed E-state index contributed by atoms with van der Waals surface area (Å²) in [6.45, 7) is 1.89. The number of hydrogen-bond acceptors (Lipinski definition) is 2. The number of benzene rings is 3. The van der Waals surface area contributed by atoms with Crippen LogP contribution in [0.4, 0.5) is 5.69 Å². The molecule has 0 aliphatic heterocycles. The summed E-state index contributed by atoms with van der Waals surface area (Å²) in [5.41, 5.74) is 2.92. The van der Waals surface area contributed by atoms with Gasteiger partial charge in [0.25, 0.3) is 5.91 Å². The Morgan fingerprint density at radius 1 is 0.767 bits per heavy atom. The summed E-state index contributed by atoms with van der Waals surface area (Å²) >= 11 is 0. The van der Waals surface area contributed by atoms with Crippen LogP contribution in [0.1, 0.15) is 13.0 Å². The number of anilines is 1. The molecule has 148 valence electrons. The second-order valence-electron chi connectivity index (χ2n) is 7.01. The van der Waals surface area contributed by atoms with Crippen molar-refractivity contribution < 1.29 is 14.1 Å². The minimum atomic E-state index is -0.353. The average Bonchev–Trinajstić information content (AvgIpc) is 2.81. The maximum Gasteiger partial charge on any atom is 0.293 e. The Balaban J connectivity index is 1.42. The lowest BCUT2D eigenvalue weighted by atomic mass is 10.1. The molecule has 1 heterocycles. The third-order valence-electron chi connectivity index (χ3n) is 4.86. The van der Waals surface area contributed by atoms with Crippen molar-refractivity contribution in [1.29, 1.82) is 0 Å². The van der Waals surface area contributed by atoms with Crippen molar-refractivity contribution in [2.75, 3.05) is 5.32 Å². The molecule has 0 aliphatic rings. The first-order valence-corrected chi connectivity index (χ1v) is 9.89. The molecule has 0 unspecified atom stereocenters. The number of rotatable bonds is 6. The number of pyridine rings is 1. The Morgan fingerprint density at radius 3 is 2.07 bits per heavy atom. The zero-order valence-electron chi connectivity index (χ0n) is 16.7. The Kier molecular flexibility index (Phi) is 5.85. The van der Waals surface area contributed by atoms with Gasteiger partial charge in [-0.05, 0) is 48.0 Å². The first-order chi connectivity index (χ1) is 14.7. The van der Waals surface area contributed by atoms with E-state index in [-0.39, 0.29) is 11.9 Å². The van der Waals surface area contributed by atoms with Crippen LogP contribution < -0.4 is 14.6 Å². The van der Waals surface area contributed by atoms with E-state index in [1.54, 1.807) is 0 Å². The van der Waals surface area contributed by atoms with Gasteiger partial charge in [-0.15, -0.1) is 0 Å². The van der Waals surface area contributed by atoms with Gasteiger partial charge in [0.05, 0.1) is 0 Å². The van der Waals surface area contributed by atoms with Gasteiger partial charge in [0, 0.05) is 24.2 Å². The number of nitrogens with one attached hydrogen (secondary N) is 1. The Morgan fingerprint density at radius 2 is 1.37 bits per heavy atom. The number of aromatic nitrogens is 1. The Labute approximate surface area is 176 Å². The number of carbonyl (C=O) groups is 1. The van der Waals surface area contributed by atoms with Crippen LogP contribution in [0.3, 0.4) is 0 Å². The normalized spacial score (nSPS) is 11.5. The second-order valence-corrected chi connectivity index (χ2v) is 7.01. The average molecular weight is 395 g/mol. The van der Waals surface area contributed by atoms with Crippen LogP contribution in [0.2, 0.25) is 0 Å². The molecule has 0 saturated carbocycles. The SMILES string of the molecule is C[C@H](C(=O)Nc1ccc(Oc2ccccc2)cc1)[n+]1cccc(-c2ccccc2)c1. The summed E-state index contributed by atoms with van der Waals surface area (Å²) in [5, 5.41) is 2.98. The number of nitrogens with zero attached hydrogens (tertiary/aromatic N) is 1. The molecule has 30 heavy (non-hydrogen) atoms. The zero-order valence-corrected chi connectivity index (χ0v) is 16.7. The van der Waals surface area contributed by atoms with Crippen LogP contribution in [-0.2, 0) is 4.79 Å². The van der Waals surface area contributed by atoms with E-state index in [1.807, 2.05) is 109 Å². The fourth-order valence-electron chi connectivity index (χ4n) is 3.15. The molecule has 1 aromatic heterocycles. The molecular weight excluding hydrogens is 372 g/mol. The highest BCUT2D eigenvalue weighted by molar-refractivity contribution is 5.92. The molecule has 0 spiro atoms. The van der Waals surface area contributed by atoms with Gasteiger partial charge >= 0.3 is 0 Å². The predicted octanol–water partition coefficient (Wildman–Crippen LogP) is 5.63. The minimum absolute atomic E-state index is 0.0815. The summed E-state index contributed by atoms with van der Waals surface area (Å²) < 4.78 is 7.71. The summed E-state index contributed by atoms with van der Waals surface area (Å²) in [6, 6.07) is 30.7. The molecule has 0 radical (unpaired) electrons. The molecule has 0 aliphatic carbocycles. The van der Waals surface area contributed by atoms with Crippen molar-refractivity contribution in [3.8, 4) is 22.6 Å². The molecule has 4 rings (SSSR count). The molecule has 0 saturated heterocycles. The van der Waals surface area contributed by atoms with E-state index in [0.717, 1.165) is 28.3 Å². The fourth-order valence-corrected chi connectivity index (χ4v) is 3.15. The molecule has 1 atom stereocenters. The number of amides is 1. The third kappa shape index (κ3) is 4.73. The summed E-state index contributed by atoms with van der Waals surface area (Å²) in [5.74, 6) is 1.41. The van der Waals surface area contributed by atoms with Gasteiger partial charge in [0.2, 0.25) is 6.04 Å². The van der Waals surface area contributed by atoms with E-state index in [4.69, 9.17) is 4.74 Å². The fraction of sp³-hybridized carbons (Fsp3) is 0.0769. The third-order valence-corrected chi connectivity index (χ3v) is 4.86. The minimum Gasteiger partial charge on any atom is -0.457 e. The quantitative estimate of drug-likeness (QED) is 0.430. The molecule has 4 aromatic rings. The summed E-state index contributed by atoms with van der Waals surface area (Å²) in [7, 11) is 0. The lowest BCUT2D eigenvalue weighted by molar-refractivity contribution is -0.705. The monoisotopic (exact) mass is 395 g/mol. The van der Waals surface area contributed by atoms with Crippen molar-refractivity contribution in [2.24, 2.45) is 0 Å². The largest absolute Gasteiger partial charge is 0.457 e. The molecule has 4 nitrogen and oxygen atoms in total. The molecular formula is C26H23N2O2+. The van der Waals surface area contributed by atoms with E-state index in [9.17, 15) is 4.79 Å².